The van der Waals surface area contributed by atoms with Crippen LogP contribution < -0.4 is 9.80 Å². The van der Waals surface area contributed by atoms with E-state index in [2.05, 4.69) is 55.0 Å². The Morgan fingerprint density at radius 2 is 1.62 bits per heavy atom. The first-order chi connectivity index (χ1) is 16.4. The molecule has 5 heteroatoms. The number of amides is 1. The fourth-order valence-corrected chi connectivity index (χ4v) is 6.24. The number of hydrogen-bond donors (Lipinski definition) is 1. The summed E-state index contributed by atoms with van der Waals surface area (Å²) in [5.41, 5.74) is 3.83. The van der Waals surface area contributed by atoms with Crippen molar-refractivity contribution in [2.24, 2.45) is 5.92 Å². The average molecular weight is 462 g/mol. The standard InChI is InChI=1S/C29H39N3O2/c1-21-19-31(20-22(2)30(21)3)27-9-5-4-8-23(27)18-24-14-17-32(28(24)33)26-12-10-25(11-13-26)29(34)15-6-7-16-29/h4-5,8-13,21-22,24,34H,6-7,14-20H2,1-3H3/t21-,22+,24-/m1/s1. The van der Waals surface area contributed by atoms with Crippen LogP contribution in [0.1, 0.15) is 57.1 Å². The van der Waals surface area contributed by atoms with Gasteiger partial charge >= 0.3 is 0 Å². The Kier molecular flexibility index (Phi) is 6.43. The second kappa shape index (κ2) is 9.35. The van der Waals surface area contributed by atoms with Gasteiger partial charge in [-0.2, -0.15) is 0 Å². The molecule has 2 saturated heterocycles. The number of nitrogens with zero attached hydrogens (tertiary/aromatic N) is 3. The Labute approximate surface area is 204 Å². The number of likely N-dealkylation sites (N-methyl/N-ethyl adjacent to an activating group) is 1. The van der Waals surface area contributed by atoms with Crippen molar-refractivity contribution in [2.75, 3.05) is 36.5 Å². The molecule has 2 aliphatic heterocycles. The molecule has 1 N–H and O–H groups in total. The Morgan fingerprint density at radius 1 is 0.971 bits per heavy atom. The molecular formula is C29H39N3O2. The lowest BCUT2D eigenvalue weighted by Gasteiger charge is -2.44. The van der Waals surface area contributed by atoms with Crippen molar-refractivity contribution < 1.29 is 9.90 Å². The van der Waals surface area contributed by atoms with Crippen LogP contribution in [0.2, 0.25) is 0 Å². The van der Waals surface area contributed by atoms with Crippen molar-refractivity contribution >= 4 is 17.3 Å². The van der Waals surface area contributed by atoms with E-state index in [4.69, 9.17) is 0 Å². The smallest absolute Gasteiger partial charge is 0.230 e. The topological polar surface area (TPSA) is 47.0 Å². The van der Waals surface area contributed by atoms with Crippen LogP contribution in [0.4, 0.5) is 11.4 Å². The average Bonchev–Trinajstić information content (AvgIpc) is 3.44. The third-order valence-corrected chi connectivity index (χ3v) is 8.62. The number of carbonyl (C=O) groups is 1. The van der Waals surface area contributed by atoms with Crippen LogP contribution >= 0.6 is 0 Å². The van der Waals surface area contributed by atoms with Gasteiger partial charge in [0.1, 0.15) is 0 Å². The molecule has 2 aromatic rings. The summed E-state index contributed by atoms with van der Waals surface area (Å²) >= 11 is 0. The Morgan fingerprint density at radius 3 is 2.29 bits per heavy atom. The van der Waals surface area contributed by atoms with E-state index in [0.29, 0.717) is 12.1 Å². The molecule has 1 saturated carbocycles. The van der Waals surface area contributed by atoms with Crippen LogP contribution in [0.3, 0.4) is 0 Å². The summed E-state index contributed by atoms with van der Waals surface area (Å²) in [5, 5.41) is 10.9. The maximum Gasteiger partial charge on any atom is 0.230 e. The summed E-state index contributed by atoms with van der Waals surface area (Å²) in [6, 6.07) is 17.7. The fraction of sp³-hybridized carbons (Fsp3) is 0.552. The van der Waals surface area contributed by atoms with E-state index in [-0.39, 0.29) is 11.8 Å². The van der Waals surface area contributed by atoms with E-state index in [1.54, 1.807) is 0 Å². The van der Waals surface area contributed by atoms with Crippen LogP contribution in [-0.2, 0) is 16.8 Å². The van der Waals surface area contributed by atoms with Crippen molar-refractivity contribution in [2.45, 2.75) is 70.1 Å². The van der Waals surface area contributed by atoms with E-state index < -0.39 is 5.60 Å². The zero-order valence-corrected chi connectivity index (χ0v) is 20.9. The van der Waals surface area contributed by atoms with Gasteiger partial charge in [0.2, 0.25) is 5.91 Å². The van der Waals surface area contributed by atoms with Gasteiger partial charge in [-0.05, 0) is 75.9 Å². The number of hydrogen-bond acceptors (Lipinski definition) is 4. The number of anilines is 2. The van der Waals surface area contributed by atoms with E-state index >= 15 is 0 Å². The highest BCUT2D eigenvalue weighted by Crippen LogP contribution is 2.39. The summed E-state index contributed by atoms with van der Waals surface area (Å²) in [7, 11) is 2.21. The molecule has 3 atom stereocenters. The van der Waals surface area contributed by atoms with Gasteiger partial charge in [-0.3, -0.25) is 9.69 Å². The number of aliphatic hydroxyl groups is 1. The molecule has 3 fully saturated rings. The molecule has 5 nitrogen and oxygen atoms in total. The lowest BCUT2D eigenvalue weighted by atomic mass is 9.92. The third-order valence-electron chi connectivity index (χ3n) is 8.62. The summed E-state index contributed by atoms with van der Waals surface area (Å²) in [4.78, 5) is 20.3. The lowest BCUT2D eigenvalue weighted by Crippen LogP contribution is -2.55. The molecule has 34 heavy (non-hydrogen) atoms. The van der Waals surface area contributed by atoms with Crippen molar-refractivity contribution in [1.29, 1.82) is 0 Å². The van der Waals surface area contributed by atoms with Crippen molar-refractivity contribution in [1.82, 2.24) is 4.90 Å². The quantitative estimate of drug-likeness (QED) is 0.709. The van der Waals surface area contributed by atoms with Crippen LogP contribution in [0, 0.1) is 5.92 Å². The fourth-order valence-electron chi connectivity index (χ4n) is 6.24. The first-order valence-corrected chi connectivity index (χ1v) is 13.0. The highest BCUT2D eigenvalue weighted by Gasteiger charge is 2.36. The zero-order valence-electron chi connectivity index (χ0n) is 20.9. The molecular weight excluding hydrogens is 422 g/mol. The van der Waals surface area contributed by atoms with Gasteiger partial charge < -0.3 is 14.9 Å². The van der Waals surface area contributed by atoms with Gasteiger partial charge in [0.15, 0.2) is 0 Å². The van der Waals surface area contributed by atoms with Gasteiger partial charge in [-0.15, -0.1) is 0 Å². The Balaban J connectivity index is 1.29. The monoisotopic (exact) mass is 461 g/mol. The first kappa shape index (κ1) is 23.4. The zero-order chi connectivity index (χ0) is 23.9. The minimum Gasteiger partial charge on any atom is -0.385 e. The first-order valence-electron chi connectivity index (χ1n) is 13.0. The molecule has 0 bridgehead atoms. The normalized spacial score (nSPS) is 27.5. The molecule has 3 aliphatic rings. The Hall–Kier alpha value is -2.37. The van der Waals surface area contributed by atoms with Gasteiger partial charge in [0.25, 0.3) is 0 Å². The van der Waals surface area contributed by atoms with E-state index in [0.717, 1.165) is 69.4 Å². The van der Waals surface area contributed by atoms with Crippen molar-refractivity contribution in [3.63, 3.8) is 0 Å². The van der Waals surface area contributed by atoms with Crippen LogP contribution in [-0.4, -0.2) is 54.7 Å². The largest absolute Gasteiger partial charge is 0.385 e. The maximum atomic E-state index is 13.4. The number of rotatable bonds is 5. The van der Waals surface area contributed by atoms with Gasteiger partial charge in [0, 0.05) is 49.0 Å². The summed E-state index contributed by atoms with van der Waals surface area (Å²) in [6.45, 7) is 7.38. The van der Waals surface area contributed by atoms with Gasteiger partial charge in [-0.1, -0.05) is 43.2 Å². The summed E-state index contributed by atoms with van der Waals surface area (Å²) in [6.07, 6.45) is 5.51. The third kappa shape index (κ3) is 4.36. The Bertz CT molecular complexity index is 1000. The van der Waals surface area contributed by atoms with Gasteiger partial charge in [0.05, 0.1) is 5.60 Å². The molecule has 0 unspecified atom stereocenters. The molecule has 1 amide bonds. The lowest BCUT2D eigenvalue weighted by molar-refractivity contribution is -0.120. The highest BCUT2D eigenvalue weighted by atomic mass is 16.3. The molecule has 0 spiro atoms. The molecule has 0 radical (unpaired) electrons. The molecule has 1 aliphatic carbocycles. The molecule has 2 aromatic carbocycles. The van der Waals surface area contributed by atoms with E-state index in [9.17, 15) is 9.90 Å². The maximum absolute atomic E-state index is 13.4. The molecule has 0 aromatic heterocycles. The van der Waals surface area contributed by atoms with Crippen molar-refractivity contribution in [3.05, 3.63) is 59.7 Å². The predicted molar refractivity (Wildman–Crippen MR) is 138 cm³/mol. The predicted octanol–water partition coefficient (Wildman–Crippen LogP) is 4.57. The SMILES string of the molecule is C[C@@H]1CN(c2ccccc2C[C@H]2CCN(c3ccc(C4(O)CCCC4)cc3)C2=O)C[C@H](C)N1C. The molecule has 182 valence electrons. The number of benzene rings is 2. The van der Waals surface area contributed by atoms with E-state index in [1.807, 2.05) is 29.2 Å². The van der Waals surface area contributed by atoms with Crippen LogP contribution in [0.15, 0.2) is 48.5 Å². The second-order valence-electron chi connectivity index (χ2n) is 10.9. The van der Waals surface area contributed by atoms with Gasteiger partial charge in [-0.25, -0.2) is 0 Å². The molecule has 5 rings (SSSR count). The highest BCUT2D eigenvalue weighted by molar-refractivity contribution is 5.97. The molecule has 2 heterocycles. The minimum absolute atomic E-state index is 0.0159. The summed E-state index contributed by atoms with van der Waals surface area (Å²) in [5.74, 6) is 0.240. The second-order valence-corrected chi connectivity index (χ2v) is 10.9. The number of para-hydroxylation sites is 1. The number of piperazine rings is 1. The number of carbonyl (C=O) groups excluding carboxylic acids is 1. The van der Waals surface area contributed by atoms with Crippen LogP contribution in [0.25, 0.3) is 0 Å². The van der Waals surface area contributed by atoms with Crippen LogP contribution in [0.5, 0.6) is 0 Å². The minimum atomic E-state index is -0.682. The summed E-state index contributed by atoms with van der Waals surface area (Å²) < 4.78 is 0. The van der Waals surface area contributed by atoms with E-state index in [1.165, 1.54) is 11.3 Å². The van der Waals surface area contributed by atoms with Crippen molar-refractivity contribution in [3.8, 4) is 0 Å².